The molecular formula is C15H13FN2O2S. The van der Waals surface area contributed by atoms with Gasteiger partial charge in [-0.1, -0.05) is 18.2 Å². The topological polar surface area (TPSA) is 70.0 Å². The van der Waals surface area contributed by atoms with Crippen LogP contribution < -0.4 is 4.72 Å². The third kappa shape index (κ3) is 3.58. The highest BCUT2D eigenvalue weighted by atomic mass is 32.2. The highest BCUT2D eigenvalue weighted by molar-refractivity contribution is 7.92. The molecule has 0 heterocycles. The van der Waals surface area contributed by atoms with E-state index in [1.54, 1.807) is 19.1 Å². The van der Waals surface area contributed by atoms with Gasteiger partial charge in [0.05, 0.1) is 23.1 Å². The van der Waals surface area contributed by atoms with Crippen LogP contribution in [-0.4, -0.2) is 8.42 Å². The van der Waals surface area contributed by atoms with Gasteiger partial charge in [0.15, 0.2) is 0 Å². The minimum Gasteiger partial charge on any atom is -0.279 e. The fraction of sp³-hybridized carbons (Fsp3) is 0.133. The van der Waals surface area contributed by atoms with Gasteiger partial charge in [0.25, 0.3) is 10.0 Å². The van der Waals surface area contributed by atoms with Gasteiger partial charge >= 0.3 is 0 Å². The number of nitrogens with zero attached hydrogens (tertiary/aromatic N) is 1. The number of hydrogen-bond donors (Lipinski definition) is 1. The van der Waals surface area contributed by atoms with Crippen molar-refractivity contribution in [2.45, 2.75) is 18.2 Å². The average Bonchev–Trinajstić information content (AvgIpc) is 2.44. The number of nitriles is 1. The number of sulfonamides is 1. The van der Waals surface area contributed by atoms with E-state index >= 15 is 0 Å². The summed E-state index contributed by atoms with van der Waals surface area (Å²) in [6.07, 6.45) is 0.219. The van der Waals surface area contributed by atoms with Gasteiger partial charge in [-0.2, -0.15) is 5.26 Å². The van der Waals surface area contributed by atoms with Crippen molar-refractivity contribution in [3.63, 3.8) is 0 Å². The fourth-order valence-electron chi connectivity index (χ4n) is 1.79. The van der Waals surface area contributed by atoms with Gasteiger partial charge < -0.3 is 0 Å². The number of halogens is 1. The third-order valence-corrected chi connectivity index (χ3v) is 4.34. The zero-order chi connectivity index (χ0) is 15.5. The lowest BCUT2D eigenvalue weighted by molar-refractivity contribution is 0.601. The zero-order valence-corrected chi connectivity index (χ0v) is 12.1. The van der Waals surface area contributed by atoms with Crippen molar-refractivity contribution in [3.05, 3.63) is 59.4 Å². The predicted octanol–water partition coefficient (Wildman–Crippen LogP) is 3.00. The number of benzene rings is 2. The van der Waals surface area contributed by atoms with E-state index in [1.807, 2.05) is 6.07 Å². The highest BCUT2D eigenvalue weighted by Crippen LogP contribution is 2.21. The van der Waals surface area contributed by atoms with Crippen molar-refractivity contribution < 1.29 is 12.8 Å². The lowest BCUT2D eigenvalue weighted by Crippen LogP contribution is -2.14. The first kappa shape index (κ1) is 15.0. The Labute approximate surface area is 122 Å². The van der Waals surface area contributed by atoms with Gasteiger partial charge in [-0.15, -0.1) is 0 Å². The van der Waals surface area contributed by atoms with Crippen LogP contribution in [0.1, 0.15) is 11.1 Å². The molecule has 6 heteroatoms. The number of hydrogen-bond acceptors (Lipinski definition) is 3. The molecule has 0 spiro atoms. The van der Waals surface area contributed by atoms with E-state index in [-0.39, 0.29) is 17.0 Å². The number of anilines is 1. The summed E-state index contributed by atoms with van der Waals surface area (Å²) in [5, 5.41) is 8.58. The maximum atomic E-state index is 13.2. The molecule has 0 bridgehead atoms. The molecule has 0 aliphatic heterocycles. The molecule has 0 radical (unpaired) electrons. The van der Waals surface area contributed by atoms with Crippen LogP contribution in [0.5, 0.6) is 0 Å². The van der Waals surface area contributed by atoms with Crippen LogP contribution in [0.3, 0.4) is 0 Å². The molecule has 0 amide bonds. The van der Waals surface area contributed by atoms with E-state index in [0.717, 1.165) is 11.6 Å². The molecule has 0 atom stereocenters. The van der Waals surface area contributed by atoms with Crippen molar-refractivity contribution in [1.29, 1.82) is 5.26 Å². The first-order valence-electron chi connectivity index (χ1n) is 6.17. The molecule has 2 aromatic carbocycles. The Morgan fingerprint density at radius 3 is 2.48 bits per heavy atom. The van der Waals surface area contributed by atoms with Gasteiger partial charge in [0, 0.05) is 0 Å². The van der Waals surface area contributed by atoms with E-state index < -0.39 is 15.8 Å². The first-order chi connectivity index (χ1) is 9.92. The van der Waals surface area contributed by atoms with Crippen molar-refractivity contribution in [1.82, 2.24) is 0 Å². The maximum Gasteiger partial charge on any atom is 0.261 e. The molecular weight excluding hydrogens is 291 g/mol. The summed E-state index contributed by atoms with van der Waals surface area (Å²) < 4.78 is 40.0. The van der Waals surface area contributed by atoms with Gasteiger partial charge in [-0.05, 0) is 42.3 Å². The summed E-state index contributed by atoms with van der Waals surface area (Å²) in [6, 6.07) is 11.9. The van der Waals surface area contributed by atoms with Gasteiger partial charge in [0.2, 0.25) is 0 Å². The second-order valence-electron chi connectivity index (χ2n) is 4.54. The third-order valence-electron chi connectivity index (χ3n) is 2.96. The second-order valence-corrected chi connectivity index (χ2v) is 6.23. The first-order valence-corrected chi connectivity index (χ1v) is 7.65. The van der Waals surface area contributed by atoms with Crippen LogP contribution in [0.2, 0.25) is 0 Å². The highest BCUT2D eigenvalue weighted by Gasteiger charge is 2.15. The standard InChI is InChI=1S/C15H13FN2O2S/c1-11-2-5-13(16)10-15(11)18-21(19,20)14-6-3-12(4-7-14)8-9-17/h2-7,10,18H,8H2,1H3. The molecule has 2 rings (SSSR count). The molecule has 0 unspecified atom stereocenters. The molecule has 0 fully saturated rings. The van der Waals surface area contributed by atoms with Crippen LogP contribution in [0.4, 0.5) is 10.1 Å². The Hall–Kier alpha value is -2.39. The van der Waals surface area contributed by atoms with Gasteiger partial charge in [0.1, 0.15) is 5.82 Å². The summed E-state index contributed by atoms with van der Waals surface area (Å²) in [7, 11) is -3.78. The number of rotatable bonds is 4. The number of aryl methyl sites for hydroxylation is 1. The summed E-state index contributed by atoms with van der Waals surface area (Å²) in [5.41, 5.74) is 1.57. The average molecular weight is 304 g/mol. The van der Waals surface area contributed by atoms with Gasteiger partial charge in [-0.25, -0.2) is 12.8 Å². The van der Waals surface area contributed by atoms with Crippen LogP contribution in [0, 0.1) is 24.1 Å². The maximum absolute atomic E-state index is 13.2. The van der Waals surface area contributed by atoms with E-state index in [0.29, 0.717) is 5.56 Å². The van der Waals surface area contributed by atoms with Crippen molar-refractivity contribution in [2.75, 3.05) is 4.72 Å². The molecule has 0 saturated carbocycles. The fourth-order valence-corrected chi connectivity index (χ4v) is 2.91. The summed E-state index contributed by atoms with van der Waals surface area (Å²) in [6.45, 7) is 1.69. The van der Waals surface area contributed by atoms with Crippen LogP contribution in [0.15, 0.2) is 47.4 Å². The molecule has 0 saturated heterocycles. The number of nitrogens with one attached hydrogen (secondary N) is 1. The zero-order valence-electron chi connectivity index (χ0n) is 11.3. The SMILES string of the molecule is Cc1ccc(F)cc1NS(=O)(=O)c1ccc(CC#N)cc1. The molecule has 2 aromatic rings. The summed E-state index contributed by atoms with van der Waals surface area (Å²) in [4.78, 5) is 0.0628. The van der Waals surface area contributed by atoms with Gasteiger partial charge in [-0.3, -0.25) is 4.72 Å². The predicted molar refractivity (Wildman–Crippen MR) is 77.7 cm³/mol. The Balaban J connectivity index is 2.30. The summed E-state index contributed by atoms with van der Waals surface area (Å²) in [5.74, 6) is -0.511. The molecule has 0 aromatic heterocycles. The molecule has 1 N–H and O–H groups in total. The quantitative estimate of drug-likeness (QED) is 0.944. The second kappa shape index (κ2) is 5.94. The van der Waals surface area contributed by atoms with Crippen molar-refractivity contribution in [3.8, 4) is 6.07 Å². The smallest absolute Gasteiger partial charge is 0.261 e. The minimum absolute atomic E-state index is 0.0628. The van der Waals surface area contributed by atoms with Crippen LogP contribution in [-0.2, 0) is 16.4 Å². The lowest BCUT2D eigenvalue weighted by atomic mass is 10.2. The van der Waals surface area contributed by atoms with E-state index in [4.69, 9.17) is 5.26 Å². The lowest BCUT2D eigenvalue weighted by Gasteiger charge is -2.11. The van der Waals surface area contributed by atoms with Crippen LogP contribution in [0.25, 0.3) is 0 Å². The minimum atomic E-state index is -3.78. The van der Waals surface area contributed by atoms with E-state index in [9.17, 15) is 12.8 Å². The Morgan fingerprint density at radius 1 is 1.19 bits per heavy atom. The molecule has 21 heavy (non-hydrogen) atoms. The molecule has 0 aliphatic rings. The van der Waals surface area contributed by atoms with Crippen LogP contribution >= 0.6 is 0 Å². The molecule has 4 nitrogen and oxygen atoms in total. The Bertz CT molecular complexity index is 793. The summed E-state index contributed by atoms with van der Waals surface area (Å²) >= 11 is 0. The normalized spacial score (nSPS) is 10.9. The molecule has 0 aliphatic carbocycles. The van der Waals surface area contributed by atoms with E-state index in [1.165, 1.54) is 24.3 Å². The Morgan fingerprint density at radius 2 is 1.86 bits per heavy atom. The van der Waals surface area contributed by atoms with E-state index in [2.05, 4.69) is 4.72 Å². The Kier molecular flexibility index (Phi) is 4.24. The largest absolute Gasteiger partial charge is 0.279 e. The monoisotopic (exact) mass is 304 g/mol. The van der Waals surface area contributed by atoms with Crippen molar-refractivity contribution >= 4 is 15.7 Å². The molecule has 108 valence electrons. The van der Waals surface area contributed by atoms with Crippen molar-refractivity contribution in [2.24, 2.45) is 0 Å².